The fourth-order valence-electron chi connectivity index (χ4n) is 2.16. The van der Waals surface area contributed by atoms with Gasteiger partial charge >= 0.3 is 0 Å². The van der Waals surface area contributed by atoms with E-state index in [1.807, 2.05) is 6.07 Å². The van der Waals surface area contributed by atoms with Crippen LogP contribution in [0, 0.1) is 0 Å². The quantitative estimate of drug-likeness (QED) is 0.858. The van der Waals surface area contributed by atoms with Crippen molar-refractivity contribution in [3.63, 3.8) is 0 Å². The zero-order chi connectivity index (χ0) is 10.8. The van der Waals surface area contributed by atoms with Crippen LogP contribution in [0.3, 0.4) is 0 Å². The first-order chi connectivity index (χ1) is 7.15. The summed E-state index contributed by atoms with van der Waals surface area (Å²) in [5.41, 5.74) is 5.89. The molecule has 1 heterocycles. The smallest absolute Gasteiger partial charge is 0.0931 e. The van der Waals surface area contributed by atoms with E-state index in [9.17, 15) is 0 Å². The van der Waals surface area contributed by atoms with Crippen molar-refractivity contribution in [1.29, 1.82) is 0 Å². The van der Waals surface area contributed by atoms with Crippen molar-refractivity contribution in [2.24, 2.45) is 5.73 Å². The van der Waals surface area contributed by atoms with Gasteiger partial charge in [-0.05, 0) is 38.3 Å². The summed E-state index contributed by atoms with van der Waals surface area (Å²) < 4.78 is 0.863. The second-order valence-electron chi connectivity index (χ2n) is 4.30. The molecule has 3 N–H and O–H groups in total. The van der Waals surface area contributed by atoms with E-state index in [4.69, 9.17) is 17.3 Å². The van der Waals surface area contributed by atoms with Crippen molar-refractivity contribution in [2.75, 3.05) is 0 Å². The lowest BCUT2D eigenvalue weighted by Crippen LogP contribution is -2.30. The van der Waals surface area contributed by atoms with Crippen LogP contribution in [0.15, 0.2) is 12.1 Å². The van der Waals surface area contributed by atoms with Crippen LogP contribution in [0.5, 0.6) is 0 Å². The van der Waals surface area contributed by atoms with Crippen molar-refractivity contribution >= 4 is 22.9 Å². The van der Waals surface area contributed by atoms with Crippen molar-refractivity contribution in [2.45, 2.75) is 44.3 Å². The highest BCUT2D eigenvalue weighted by Crippen LogP contribution is 2.28. The Kier molecular flexibility index (Phi) is 3.67. The number of thiophene rings is 1. The molecule has 1 aromatic heterocycles. The monoisotopic (exact) mass is 244 g/mol. The van der Waals surface area contributed by atoms with Gasteiger partial charge in [0.2, 0.25) is 0 Å². The zero-order valence-corrected chi connectivity index (χ0v) is 10.4. The minimum absolute atomic E-state index is 0.387. The largest absolute Gasteiger partial charge is 0.328 e. The Morgan fingerprint density at radius 2 is 2.33 bits per heavy atom. The average molecular weight is 245 g/mol. The SMILES string of the molecule is CC(NC1CCC(N)C1)c1ccc(Cl)s1. The fraction of sp³-hybridized carbons (Fsp3) is 0.636. The molecule has 0 bridgehead atoms. The maximum absolute atomic E-state index is 5.92. The normalized spacial score (nSPS) is 28.2. The number of hydrogen-bond donors (Lipinski definition) is 2. The van der Waals surface area contributed by atoms with Crippen LogP contribution >= 0.6 is 22.9 Å². The van der Waals surface area contributed by atoms with Gasteiger partial charge in [-0.25, -0.2) is 0 Å². The van der Waals surface area contributed by atoms with Crippen LogP contribution in [0.4, 0.5) is 0 Å². The number of nitrogens with one attached hydrogen (secondary N) is 1. The maximum atomic E-state index is 5.92. The van der Waals surface area contributed by atoms with Crippen molar-refractivity contribution < 1.29 is 0 Å². The molecule has 84 valence electrons. The van der Waals surface area contributed by atoms with Crippen molar-refractivity contribution in [3.8, 4) is 0 Å². The molecule has 2 rings (SSSR count). The Bertz CT molecular complexity index is 326. The van der Waals surface area contributed by atoms with E-state index in [-0.39, 0.29) is 0 Å². The molecule has 1 saturated carbocycles. The highest BCUT2D eigenvalue weighted by Gasteiger charge is 2.23. The molecule has 0 amide bonds. The lowest BCUT2D eigenvalue weighted by Gasteiger charge is -2.18. The number of nitrogens with two attached hydrogens (primary N) is 1. The highest BCUT2D eigenvalue weighted by atomic mass is 35.5. The van der Waals surface area contributed by atoms with Crippen molar-refractivity contribution in [3.05, 3.63) is 21.3 Å². The first-order valence-corrected chi connectivity index (χ1v) is 6.61. The number of hydrogen-bond acceptors (Lipinski definition) is 3. The van der Waals surface area contributed by atoms with Crippen LogP contribution < -0.4 is 11.1 Å². The van der Waals surface area contributed by atoms with Gasteiger partial charge in [0.1, 0.15) is 0 Å². The summed E-state index contributed by atoms with van der Waals surface area (Å²) in [5.74, 6) is 0. The molecule has 0 saturated heterocycles. The molecule has 3 unspecified atom stereocenters. The van der Waals surface area contributed by atoms with E-state index in [1.54, 1.807) is 11.3 Å². The predicted molar refractivity (Wildman–Crippen MR) is 66.5 cm³/mol. The van der Waals surface area contributed by atoms with E-state index in [0.717, 1.165) is 17.2 Å². The molecular weight excluding hydrogens is 228 g/mol. The molecule has 0 radical (unpaired) electrons. The van der Waals surface area contributed by atoms with Crippen LogP contribution in [0.2, 0.25) is 4.34 Å². The van der Waals surface area contributed by atoms with Crippen LogP contribution in [0.25, 0.3) is 0 Å². The van der Waals surface area contributed by atoms with Gasteiger partial charge in [0.05, 0.1) is 4.34 Å². The Balaban J connectivity index is 1.89. The molecule has 3 atom stereocenters. The number of rotatable bonds is 3. The lowest BCUT2D eigenvalue weighted by molar-refractivity contribution is 0.461. The van der Waals surface area contributed by atoms with E-state index in [1.165, 1.54) is 11.3 Å². The molecule has 4 heteroatoms. The molecule has 1 aliphatic carbocycles. The summed E-state index contributed by atoms with van der Waals surface area (Å²) in [6.45, 7) is 2.19. The van der Waals surface area contributed by atoms with Gasteiger partial charge in [0.15, 0.2) is 0 Å². The lowest BCUT2D eigenvalue weighted by atomic mass is 10.2. The first-order valence-electron chi connectivity index (χ1n) is 5.42. The topological polar surface area (TPSA) is 38.0 Å². The molecule has 0 aliphatic heterocycles. The molecular formula is C11H17ClN2S. The second kappa shape index (κ2) is 4.83. The molecule has 1 aliphatic rings. The van der Waals surface area contributed by atoms with E-state index in [2.05, 4.69) is 18.3 Å². The maximum Gasteiger partial charge on any atom is 0.0931 e. The molecule has 15 heavy (non-hydrogen) atoms. The molecule has 1 aromatic rings. The minimum atomic E-state index is 0.387. The van der Waals surface area contributed by atoms with Gasteiger partial charge < -0.3 is 11.1 Å². The average Bonchev–Trinajstić information content (AvgIpc) is 2.75. The van der Waals surface area contributed by atoms with Crippen LogP contribution in [0.1, 0.15) is 37.1 Å². The summed E-state index contributed by atoms with van der Waals surface area (Å²) in [4.78, 5) is 1.31. The molecule has 0 aromatic carbocycles. The van der Waals surface area contributed by atoms with E-state index in [0.29, 0.717) is 18.1 Å². The third-order valence-corrected chi connectivity index (χ3v) is 4.39. The van der Waals surface area contributed by atoms with Gasteiger partial charge in [-0.3, -0.25) is 0 Å². The third kappa shape index (κ3) is 2.94. The van der Waals surface area contributed by atoms with Gasteiger partial charge in [-0.1, -0.05) is 11.6 Å². The molecule has 0 spiro atoms. The second-order valence-corrected chi connectivity index (χ2v) is 6.05. The minimum Gasteiger partial charge on any atom is -0.328 e. The van der Waals surface area contributed by atoms with Crippen LogP contribution in [-0.2, 0) is 0 Å². The van der Waals surface area contributed by atoms with Gasteiger partial charge in [0.25, 0.3) is 0 Å². The van der Waals surface area contributed by atoms with Gasteiger partial charge in [-0.15, -0.1) is 11.3 Å². The molecule has 1 fully saturated rings. The van der Waals surface area contributed by atoms with Crippen LogP contribution in [-0.4, -0.2) is 12.1 Å². The summed E-state index contributed by atoms with van der Waals surface area (Å²) >= 11 is 7.57. The fourth-order valence-corrected chi connectivity index (χ4v) is 3.24. The summed E-state index contributed by atoms with van der Waals surface area (Å²) in [6.07, 6.45) is 3.45. The Hall–Kier alpha value is -0.0900. The number of halogens is 1. The van der Waals surface area contributed by atoms with Crippen molar-refractivity contribution in [1.82, 2.24) is 5.32 Å². The summed E-state index contributed by atoms with van der Waals surface area (Å²) in [6, 6.07) is 5.41. The summed E-state index contributed by atoms with van der Waals surface area (Å²) in [7, 11) is 0. The predicted octanol–water partition coefficient (Wildman–Crippen LogP) is 2.93. The summed E-state index contributed by atoms with van der Waals surface area (Å²) in [5, 5.41) is 3.61. The standard InChI is InChI=1S/C11H17ClN2S/c1-7(10-4-5-11(12)15-10)14-9-3-2-8(13)6-9/h4-5,7-9,14H,2-3,6,13H2,1H3. The van der Waals surface area contributed by atoms with Gasteiger partial charge in [-0.2, -0.15) is 0 Å². The van der Waals surface area contributed by atoms with E-state index < -0.39 is 0 Å². The zero-order valence-electron chi connectivity index (χ0n) is 8.87. The Morgan fingerprint density at radius 1 is 1.53 bits per heavy atom. The van der Waals surface area contributed by atoms with Gasteiger partial charge in [0, 0.05) is 23.0 Å². The highest BCUT2D eigenvalue weighted by molar-refractivity contribution is 7.16. The Morgan fingerprint density at radius 3 is 2.87 bits per heavy atom. The van der Waals surface area contributed by atoms with E-state index >= 15 is 0 Å². The third-order valence-electron chi connectivity index (χ3n) is 2.98. The molecule has 2 nitrogen and oxygen atoms in total. The first kappa shape index (κ1) is 11.4. The Labute approximate surface area is 99.8 Å².